The second kappa shape index (κ2) is 4.30. The van der Waals surface area contributed by atoms with E-state index in [1.165, 1.54) is 5.56 Å². The van der Waals surface area contributed by atoms with Gasteiger partial charge in [0.2, 0.25) is 0 Å². The number of hydrogen-bond acceptors (Lipinski definition) is 2. The van der Waals surface area contributed by atoms with Crippen LogP contribution in [0.5, 0.6) is 0 Å². The Kier molecular flexibility index (Phi) is 2.98. The fourth-order valence-electron chi connectivity index (χ4n) is 1.79. The fraction of sp³-hybridized carbons (Fsp3) is 0.231. The average molecular weight is 245 g/mol. The molecule has 0 bridgehead atoms. The van der Waals surface area contributed by atoms with Crippen molar-refractivity contribution in [2.24, 2.45) is 5.73 Å². The van der Waals surface area contributed by atoms with Gasteiger partial charge >= 0.3 is 0 Å². The second-order valence-electron chi connectivity index (χ2n) is 4.17. The number of aryl methyl sites for hydroxylation is 2. The number of nitrogens with two attached hydrogens (primary N) is 1. The molecule has 0 amide bonds. The minimum atomic E-state index is 0.408. The Labute approximate surface area is 106 Å². The average Bonchev–Trinajstić information content (AvgIpc) is 2.59. The lowest BCUT2D eigenvalue weighted by Gasteiger charge is -2.12. The van der Waals surface area contributed by atoms with Gasteiger partial charge in [0.1, 0.15) is 4.99 Å². The minimum absolute atomic E-state index is 0.408. The van der Waals surface area contributed by atoms with Crippen molar-refractivity contribution in [1.82, 2.24) is 9.55 Å². The molecule has 3 nitrogen and oxygen atoms in total. The van der Waals surface area contributed by atoms with Gasteiger partial charge in [0.05, 0.1) is 17.7 Å². The molecule has 17 heavy (non-hydrogen) atoms. The maximum atomic E-state index is 5.76. The summed E-state index contributed by atoms with van der Waals surface area (Å²) in [5.41, 5.74) is 10.9. The van der Waals surface area contributed by atoms with E-state index in [4.69, 9.17) is 18.0 Å². The van der Waals surface area contributed by atoms with Gasteiger partial charge in [0, 0.05) is 11.3 Å². The maximum absolute atomic E-state index is 5.76. The molecule has 88 valence electrons. The van der Waals surface area contributed by atoms with E-state index >= 15 is 0 Å². The van der Waals surface area contributed by atoms with Crippen molar-refractivity contribution in [3.63, 3.8) is 0 Å². The van der Waals surface area contributed by atoms with E-state index < -0.39 is 0 Å². The van der Waals surface area contributed by atoms with E-state index in [-0.39, 0.29) is 0 Å². The van der Waals surface area contributed by atoms with Crippen molar-refractivity contribution in [2.75, 3.05) is 0 Å². The van der Waals surface area contributed by atoms with Gasteiger partial charge in [-0.15, -0.1) is 0 Å². The Bertz CT molecular complexity index is 584. The Morgan fingerprint density at radius 2 is 2.00 bits per heavy atom. The van der Waals surface area contributed by atoms with Crippen molar-refractivity contribution >= 4 is 17.2 Å². The van der Waals surface area contributed by atoms with Gasteiger partial charge in [0.25, 0.3) is 0 Å². The number of thiocarbonyl (C=S) groups is 1. The molecule has 2 rings (SSSR count). The molecule has 0 unspecified atom stereocenters. The summed E-state index contributed by atoms with van der Waals surface area (Å²) in [6, 6.07) is 6.04. The zero-order valence-electron chi connectivity index (χ0n) is 10.2. The predicted octanol–water partition coefficient (Wildman–Crippen LogP) is 2.43. The molecule has 0 fully saturated rings. The lowest BCUT2D eigenvalue weighted by Crippen LogP contribution is -2.13. The van der Waals surface area contributed by atoms with Crippen LogP contribution in [0.3, 0.4) is 0 Å². The van der Waals surface area contributed by atoms with Crippen molar-refractivity contribution in [3.8, 4) is 5.69 Å². The quantitative estimate of drug-likeness (QED) is 0.826. The van der Waals surface area contributed by atoms with Gasteiger partial charge in [-0.25, -0.2) is 4.98 Å². The van der Waals surface area contributed by atoms with Crippen LogP contribution >= 0.6 is 12.2 Å². The topological polar surface area (TPSA) is 43.8 Å². The first kappa shape index (κ1) is 11.8. The third kappa shape index (κ3) is 2.08. The Balaban J connectivity index is 2.69. The van der Waals surface area contributed by atoms with Gasteiger partial charge in [-0.1, -0.05) is 18.3 Å². The molecular weight excluding hydrogens is 230 g/mol. The van der Waals surface area contributed by atoms with Crippen LogP contribution in [-0.4, -0.2) is 14.5 Å². The van der Waals surface area contributed by atoms with Gasteiger partial charge < -0.3 is 10.3 Å². The molecule has 0 atom stereocenters. The number of benzene rings is 1. The van der Waals surface area contributed by atoms with Crippen LogP contribution in [0.4, 0.5) is 0 Å². The molecule has 0 saturated carbocycles. The SMILES string of the molecule is Cc1ccc(C(N)=S)c(-n2cnc(C)c2C)c1. The second-order valence-corrected chi connectivity index (χ2v) is 4.61. The van der Waals surface area contributed by atoms with Crippen LogP contribution in [-0.2, 0) is 0 Å². The van der Waals surface area contributed by atoms with Crippen LogP contribution in [0.1, 0.15) is 22.5 Å². The summed E-state index contributed by atoms with van der Waals surface area (Å²) in [6.45, 7) is 6.07. The molecule has 0 radical (unpaired) electrons. The Hall–Kier alpha value is -1.68. The minimum Gasteiger partial charge on any atom is -0.389 e. The number of imidazole rings is 1. The molecule has 0 aliphatic carbocycles. The number of hydrogen-bond donors (Lipinski definition) is 1. The third-order valence-corrected chi connectivity index (χ3v) is 3.15. The van der Waals surface area contributed by atoms with Crippen LogP contribution in [0.15, 0.2) is 24.5 Å². The molecule has 2 aromatic rings. The molecule has 1 aromatic heterocycles. The zero-order valence-corrected chi connectivity index (χ0v) is 11.0. The smallest absolute Gasteiger partial charge is 0.106 e. The third-order valence-electron chi connectivity index (χ3n) is 2.93. The highest BCUT2D eigenvalue weighted by molar-refractivity contribution is 7.80. The van der Waals surface area contributed by atoms with E-state index in [2.05, 4.69) is 11.1 Å². The summed E-state index contributed by atoms with van der Waals surface area (Å²) in [7, 11) is 0. The van der Waals surface area contributed by atoms with E-state index in [1.807, 2.05) is 37.5 Å². The normalized spacial score (nSPS) is 10.5. The summed E-state index contributed by atoms with van der Waals surface area (Å²) in [6.07, 6.45) is 1.81. The zero-order chi connectivity index (χ0) is 12.6. The molecule has 0 saturated heterocycles. The monoisotopic (exact) mass is 245 g/mol. The molecular formula is C13H15N3S. The van der Waals surface area contributed by atoms with E-state index in [0.29, 0.717) is 4.99 Å². The van der Waals surface area contributed by atoms with Crippen LogP contribution in [0.25, 0.3) is 5.69 Å². The number of nitrogens with zero attached hydrogens (tertiary/aromatic N) is 2. The van der Waals surface area contributed by atoms with Crippen molar-refractivity contribution < 1.29 is 0 Å². The Morgan fingerprint density at radius 1 is 1.29 bits per heavy atom. The summed E-state index contributed by atoms with van der Waals surface area (Å²) < 4.78 is 2.02. The fourth-order valence-corrected chi connectivity index (χ4v) is 1.96. The molecule has 0 spiro atoms. The molecule has 1 aromatic carbocycles. The van der Waals surface area contributed by atoms with E-state index in [1.54, 1.807) is 6.33 Å². The van der Waals surface area contributed by atoms with Gasteiger partial charge in [-0.2, -0.15) is 0 Å². The largest absolute Gasteiger partial charge is 0.389 e. The molecule has 0 aliphatic rings. The highest BCUT2D eigenvalue weighted by Gasteiger charge is 2.10. The molecule has 2 N–H and O–H groups in total. The summed E-state index contributed by atoms with van der Waals surface area (Å²) in [5.74, 6) is 0. The first-order valence-corrected chi connectivity index (χ1v) is 5.83. The first-order chi connectivity index (χ1) is 8.00. The maximum Gasteiger partial charge on any atom is 0.106 e. The van der Waals surface area contributed by atoms with Gasteiger partial charge in [-0.3, -0.25) is 0 Å². The van der Waals surface area contributed by atoms with E-state index in [0.717, 1.165) is 22.6 Å². The van der Waals surface area contributed by atoms with Crippen molar-refractivity contribution in [3.05, 3.63) is 47.0 Å². The van der Waals surface area contributed by atoms with Crippen LogP contribution in [0.2, 0.25) is 0 Å². The highest BCUT2D eigenvalue weighted by atomic mass is 32.1. The van der Waals surface area contributed by atoms with Gasteiger partial charge in [-0.05, 0) is 38.5 Å². The predicted molar refractivity (Wildman–Crippen MR) is 73.7 cm³/mol. The Morgan fingerprint density at radius 3 is 2.53 bits per heavy atom. The van der Waals surface area contributed by atoms with Gasteiger partial charge in [0.15, 0.2) is 0 Å². The molecule has 1 heterocycles. The summed E-state index contributed by atoms with van der Waals surface area (Å²) in [5, 5.41) is 0. The molecule has 4 heteroatoms. The highest BCUT2D eigenvalue weighted by Crippen LogP contribution is 2.19. The first-order valence-electron chi connectivity index (χ1n) is 5.42. The lowest BCUT2D eigenvalue weighted by molar-refractivity contribution is 0.995. The van der Waals surface area contributed by atoms with Crippen molar-refractivity contribution in [1.29, 1.82) is 0 Å². The lowest BCUT2D eigenvalue weighted by atomic mass is 10.1. The van der Waals surface area contributed by atoms with Crippen LogP contribution < -0.4 is 5.73 Å². The van der Waals surface area contributed by atoms with Crippen molar-refractivity contribution in [2.45, 2.75) is 20.8 Å². The van der Waals surface area contributed by atoms with Crippen LogP contribution in [0, 0.1) is 20.8 Å². The summed E-state index contributed by atoms with van der Waals surface area (Å²) >= 11 is 5.09. The molecule has 0 aliphatic heterocycles. The number of aromatic nitrogens is 2. The van der Waals surface area contributed by atoms with E-state index in [9.17, 15) is 0 Å². The summed E-state index contributed by atoms with van der Waals surface area (Å²) in [4.78, 5) is 4.71. The number of rotatable bonds is 2. The standard InChI is InChI=1S/C13H15N3S/c1-8-4-5-11(13(14)17)12(6-8)16-7-15-9(2)10(16)3/h4-7H,1-3H3,(H2,14,17).